The van der Waals surface area contributed by atoms with Crippen molar-refractivity contribution in [3.8, 4) is 17.2 Å². The van der Waals surface area contributed by atoms with Crippen LogP contribution in [-0.2, 0) is 9.53 Å². The van der Waals surface area contributed by atoms with E-state index in [0.717, 1.165) is 22.0 Å². The Morgan fingerprint density at radius 1 is 0.939 bits per heavy atom. The van der Waals surface area contributed by atoms with Crippen LogP contribution in [0.2, 0.25) is 0 Å². The summed E-state index contributed by atoms with van der Waals surface area (Å²) in [7, 11) is 0. The van der Waals surface area contributed by atoms with Crippen molar-refractivity contribution in [1.29, 1.82) is 16.0 Å². The van der Waals surface area contributed by atoms with Gasteiger partial charge >= 0.3 is 0 Å². The van der Waals surface area contributed by atoms with Crippen molar-refractivity contribution in [3.05, 3.63) is 59.8 Å². The van der Waals surface area contributed by atoms with Crippen molar-refractivity contribution in [2.24, 2.45) is 5.92 Å². The van der Waals surface area contributed by atoms with Crippen LogP contribution in [0.4, 0.5) is 0 Å². The third-order valence-corrected chi connectivity index (χ3v) is 6.13. The summed E-state index contributed by atoms with van der Waals surface area (Å²) in [5.41, 5.74) is 4.16. The maximum absolute atomic E-state index is 12.9. The molecule has 9 heteroatoms. The zero-order valence-electron chi connectivity index (χ0n) is 17.9. The number of carbonyl (C=O) groups is 2. The first kappa shape index (κ1) is 22.0. The fourth-order valence-electron chi connectivity index (χ4n) is 4.15. The van der Waals surface area contributed by atoms with Crippen LogP contribution >= 0.6 is 0 Å². The molecule has 0 bridgehead atoms. The Morgan fingerprint density at radius 3 is 2.18 bits per heavy atom. The van der Waals surface area contributed by atoms with E-state index >= 15 is 0 Å². The lowest BCUT2D eigenvalue weighted by Gasteiger charge is -2.38. The molecule has 0 unspecified atom stereocenters. The van der Waals surface area contributed by atoms with Gasteiger partial charge in [0.1, 0.15) is 6.07 Å². The van der Waals surface area contributed by atoms with Crippen LogP contribution in [-0.4, -0.2) is 66.0 Å². The van der Waals surface area contributed by atoms with Crippen molar-refractivity contribution in [2.45, 2.75) is 0 Å². The van der Waals surface area contributed by atoms with Gasteiger partial charge in [0.25, 0.3) is 5.91 Å². The van der Waals surface area contributed by atoms with E-state index in [0.29, 0.717) is 50.5 Å². The van der Waals surface area contributed by atoms with Crippen LogP contribution < -0.4 is 0 Å². The summed E-state index contributed by atoms with van der Waals surface area (Å²) in [6.45, 7) is 3.24. The number of amides is 2. The molecule has 0 saturated carbocycles. The first-order chi connectivity index (χ1) is 16.1. The van der Waals surface area contributed by atoms with Crippen LogP contribution in [0, 0.1) is 28.0 Å². The molecule has 0 radical (unpaired) electrons. The first-order valence-corrected chi connectivity index (χ1v) is 10.6. The van der Waals surface area contributed by atoms with Crippen molar-refractivity contribution in [1.82, 2.24) is 14.8 Å². The number of nitrogens with one attached hydrogen (secondary N) is 1. The van der Waals surface area contributed by atoms with Gasteiger partial charge < -0.3 is 19.5 Å². The van der Waals surface area contributed by atoms with E-state index in [9.17, 15) is 14.9 Å². The largest absolute Gasteiger partial charge is 0.380 e. The molecule has 2 saturated heterocycles. The Labute approximate surface area is 190 Å². The third kappa shape index (κ3) is 4.27. The van der Waals surface area contributed by atoms with Gasteiger partial charge in [-0.1, -0.05) is 18.2 Å². The molecule has 0 atom stereocenters. The number of aromatic amines is 1. The minimum Gasteiger partial charge on any atom is -0.380 e. The van der Waals surface area contributed by atoms with Gasteiger partial charge in [-0.15, -0.1) is 0 Å². The number of piperazine rings is 1. The second kappa shape index (κ2) is 9.51. The van der Waals surface area contributed by atoms with E-state index in [-0.39, 0.29) is 17.7 Å². The number of benzene rings is 2. The van der Waals surface area contributed by atoms with Crippen LogP contribution in [0.15, 0.2) is 48.7 Å². The summed E-state index contributed by atoms with van der Waals surface area (Å²) in [4.78, 5) is 32.0. The summed E-state index contributed by atoms with van der Waals surface area (Å²) in [5.74, 6) is 0.115. The van der Waals surface area contributed by atoms with Gasteiger partial charge in [0.05, 0.1) is 24.7 Å². The molecule has 2 aromatic carbocycles. The average Bonchev–Trinajstić information content (AvgIpc) is 3.26. The highest BCUT2D eigenvalue weighted by atomic mass is 16.5. The summed E-state index contributed by atoms with van der Waals surface area (Å²) in [5, 5.41) is 22.1. The van der Waals surface area contributed by atoms with Crippen LogP contribution in [0.3, 0.4) is 0 Å². The fraction of sp³-hybridized carbons (Fsp3) is 0.292. The lowest BCUT2D eigenvalue weighted by atomic mass is 10.0. The molecule has 33 heavy (non-hydrogen) atoms. The maximum atomic E-state index is 12.9. The molecule has 2 amide bonds. The quantitative estimate of drug-likeness (QED) is 0.619. The molecule has 9 nitrogen and oxygen atoms in total. The highest BCUT2D eigenvalue weighted by Crippen LogP contribution is 2.27. The van der Waals surface area contributed by atoms with Gasteiger partial charge in [-0.2, -0.15) is 5.26 Å². The van der Waals surface area contributed by atoms with Gasteiger partial charge in [-0.05, 0) is 35.4 Å². The molecule has 3 heterocycles. The van der Waals surface area contributed by atoms with Crippen molar-refractivity contribution in [3.63, 3.8) is 0 Å². The number of hydrogen-bond acceptors (Lipinski definition) is 6. The Balaban J connectivity index is 0.00000126. The molecule has 2 aliphatic heterocycles. The molecular weight excluding hydrogens is 420 g/mol. The minimum absolute atomic E-state index is 0.00970. The smallest absolute Gasteiger partial charge is 0.253 e. The van der Waals surface area contributed by atoms with Gasteiger partial charge in [0, 0.05) is 59.6 Å². The lowest BCUT2D eigenvalue weighted by molar-refractivity contribution is -0.151. The fourth-order valence-corrected chi connectivity index (χ4v) is 4.15. The number of H-pyrrole nitrogens is 1. The van der Waals surface area contributed by atoms with Crippen molar-refractivity contribution >= 4 is 22.7 Å². The standard InChI is InChI=1S/C24H22N4O3.N2/c25-12-19-13-26-22-6-5-18(11-21(19)22)16-1-3-17(4-2-16)23(29)27-7-9-28(10-8-27)24(30)20-14-31-15-20;1-2/h1-6,11,13,20,26H,7-10,14-15H2;. The highest BCUT2D eigenvalue weighted by molar-refractivity contribution is 5.95. The topological polar surface area (TPSA) is 137 Å². The van der Waals surface area contributed by atoms with E-state index in [1.54, 1.807) is 11.1 Å². The molecule has 0 spiro atoms. The van der Waals surface area contributed by atoms with E-state index in [2.05, 4.69) is 11.1 Å². The van der Waals surface area contributed by atoms with Crippen LogP contribution in [0.5, 0.6) is 0 Å². The van der Waals surface area contributed by atoms with E-state index < -0.39 is 0 Å². The van der Waals surface area contributed by atoms with Gasteiger partial charge in [0.2, 0.25) is 5.91 Å². The Bertz CT molecular complexity index is 1230. The van der Waals surface area contributed by atoms with E-state index in [4.69, 9.17) is 15.5 Å². The average molecular weight is 442 g/mol. The van der Waals surface area contributed by atoms with Crippen molar-refractivity contribution in [2.75, 3.05) is 39.4 Å². The predicted molar refractivity (Wildman–Crippen MR) is 119 cm³/mol. The number of nitrogens with zero attached hydrogens (tertiary/aromatic N) is 5. The zero-order chi connectivity index (χ0) is 23.4. The van der Waals surface area contributed by atoms with Crippen LogP contribution in [0.25, 0.3) is 22.0 Å². The second-order valence-electron chi connectivity index (χ2n) is 8.00. The summed E-state index contributed by atoms with van der Waals surface area (Å²) >= 11 is 0. The summed E-state index contributed by atoms with van der Waals surface area (Å²) in [6.07, 6.45) is 1.71. The maximum Gasteiger partial charge on any atom is 0.253 e. The Hall–Kier alpha value is -4.21. The van der Waals surface area contributed by atoms with Gasteiger partial charge in [-0.3, -0.25) is 9.59 Å². The molecule has 166 valence electrons. The third-order valence-electron chi connectivity index (χ3n) is 6.13. The molecule has 0 aliphatic carbocycles. The number of rotatable bonds is 3. The SMILES string of the molecule is N#Cc1c[nH]c2ccc(-c3ccc(C(=O)N4CCN(C(=O)C5COC5)CC4)cc3)cc12.N#N. The molecule has 1 N–H and O–H groups in total. The number of carbonyl (C=O) groups excluding carboxylic acids is 2. The predicted octanol–water partition coefficient (Wildman–Crippen LogP) is 2.67. The molecular formula is C24H22N6O3. The van der Waals surface area contributed by atoms with Gasteiger partial charge in [0.15, 0.2) is 0 Å². The van der Waals surface area contributed by atoms with E-state index in [1.807, 2.05) is 47.4 Å². The molecule has 2 fully saturated rings. The number of aromatic nitrogens is 1. The first-order valence-electron chi connectivity index (χ1n) is 10.6. The Kier molecular flexibility index (Phi) is 6.34. The molecule has 3 aromatic rings. The number of hydrogen-bond donors (Lipinski definition) is 1. The highest BCUT2D eigenvalue weighted by Gasteiger charge is 2.33. The monoisotopic (exact) mass is 442 g/mol. The molecule has 2 aliphatic rings. The van der Waals surface area contributed by atoms with Crippen molar-refractivity contribution < 1.29 is 14.3 Å². The number of nitriles is 1. The Morgan fingerprint density at radius 2 is 1.58 bits per heavy atom. The molecule has 5 rings (SSSR count). The zero-order valence-corrected chi connectivity index (χ0v) is 17.9. The number of fused-ring (bicyclic) bond motifs is 1. The normalized spacial score (nSPS) is 15.8. The second-order valence-corrected chi connectivity index (χ2v) is 8.00. The minimum atomic E-state index is -0.0153. The lowest BCUT2D eigenvalue weighted by Crippen LogP contribution is -2.54. The van der Waals surface area contributed by atoms with Crippen LogP contribution in [0.1, 0.15) is 15.9 Å². The van der Waals surface area contributed by atoms with Gasteiger partial charge in [-0.25, -0.2) is 0 Å². The summed E-state index contributed by atoms with van der Waals surface area (Å²) in [6, 6.07) is 15.7. The summed E-state index contributed by atoms with van der Waals surface area (Å²) < 4.78 is 5.11. The van der Waals surface area contributed by atoms with E-state index in [1.165, 1.54) is 0 Å². The molecule has 1 aromatic heterocycles. The number of ether oxygens (including phenoxy) is 1.